The van der Waals surface area contributed by atoms with Gasteiger partial charge in [0.05, 0.1) is 10.8 Å². The van der Waals surface area contributed by atoms with Gasteiger partial charge in [0.25, 0.3) is 15.9 Å². The number of hydrogen-bond acceptors (Lipinski definition) is 4. The highest BCUT2D eigenvalue weighted by Gasteiger charge is 2.30. The molecule has 33 heavy (non-hydrogen) atoms. The number of likely N-dealkylation sites (tertiary alicyclic amines) is 1. The highest BCUT2D eigenvalue weighted by atomic mass is 32.2. The summed E-state index contributed by atoms with van der Waals surface area (Å²) in [6, 6.07) is 13.3. The lowest BCUT2D eigenvalue weighted by molar-refractivity contribution is -0.127. The minimum Gasteiger partial charge on any atom is -0.353 e. The molecule has 1 aliphatic heterocycles. The Kier molecular flexibility index (Phi) is 7.02. The minimum atomic E-state index is -3.70. The van der Waals surface area contributed by atoms with E-state index >= 15 is 0 Å². The molecule has 176 valence electrons. The molecule has 1 unspecified atom stereocenters. The van der Waals surface area contributed by atoms with E-state index in [9.17, 15) is 18.0 Å². The predicted octanol–water partition coefficient (Wildman–Crippen LogP) is 3.71. The lowest BCUT2D eigenvalue weighted by Gasteiger charge is -2.32. The van der Waals surface area contributed by atoms with Gasteiger partial charge in [-0.05, 0) is 69.0 Å². The van der Waals surface area contributed by atoms with Gasteiger partial charge in [-0.2, -0.15) is 0 Å². The van der Waals surface area contributed by atoms with Crippen molar-refractivity contribution in [1.29, 1.82) is 0 Å². The number of nitrogens with zero attached hydrogens (tertiary/aromatic N) is 1. The first-order valence-electron chi connectivity index (χ1n) is 11.6. The zero-order valence-electron chi connectivity index (χ0n) is 18.9. The quantitative estimate of drug-likeness (QED) is 0.674. The number of rotatable bonds is 6. The van der Waals surface area contributed by atoms with Crippen molar-refractivity contribution in [2.75, 3.05) is 17.8 Å². The molecule has 2 N–H and O–H groups in total. The van der Waals surface area contributed by atoms with Gasteiger partial charge < -0.3 is 10.2 Å². The Morgan fingerprint density at radius 2 is 1.58 bits per heavy atom. The van der Waals surface area contributed by atoms with Gasteiger partial charge in [0.15, 0.2) is 0 Å². The monoisotopic (exact) mass is 469 g/mol. The largest absolute Gasteiger partial charge is 0.353 e. The molecule has 7 nitrogen and oxygen atoms in total. The number of carbonyl (C=O) groups excluding carboxylic acids is 2. The van der Waals surface area contributed by atoms with Crippen LogP contribution in [0.3, 0.4) is 0 Å². The number of anilines is 1. The Hall–Kier alpha value is -2.87. The summed E-state index contributed by atoms with van der Waals surface area (Å²) in [6.07, 6.45) is 6.00. The van der Waals surface area contributed by atoms with E-state index < -0.39 is 10.0 Å². The lowest BCUT2D eigenvalue weighted by atomic mass is 9.96. The van der Waals surface area contributed by atoms with Crippen molar-refractivity contribution < 1.29 is 18.0 Å². The predicted molar refractivity (Wildman–Crippen MR) is 127 cm³/mol. The summed E-state index contributed by atoms with van der Waals surface area (Å²) >= 11 is 0. The molecule has 2 amide bonds. The first-order chi connectivity index (χ1) is 15.8. The van der Waals surface area contributed by atoms with Crippen LogP contribution in [-0.4, -0.2) is 44.3 Å². The number of piperidine rings is 1. The Balaban J connectivity index is 1.37. The Bertz CT molecular complexity index is 1090. The number of benzene rings is 2. The van der Waals surface area contributed by atoms with Crippen LogP contribution in [0.4, 0.5) is 5.69 Å². The zero-order chi connectivity index (χ0) is 23.4. The molecule has 1 aliphatic carbocycles. The fourth-order valence-corrected chi connectivity index (χ4v) is 5.62. The molecule has 0 spiro atoms. The van der Waals surface area contributed by atoms with E-state index in [0.717, 1.165) is 44.1 Å². The van der Waals surface area contributed by atoms with Crippen LogP contribution in [0.15, 0.2) is 53.4 Å². The van der Waals surface area contributed by atoms with Gasteiger partial charge in [-0.15, -0.1) is 0 Å². The van der Waals surface area contributed by atoms with E-state index in [4.69, 9.17) is 0 Å². The molecular weight excluding hydrogens is 438 g/mol. The normalized spacial score (nSPS) is 19.3. The maximum Gasteiger partial charge on any atom is 0.261 e. The van der Waals surface area contributed by atoms with E-state index in [0.29, 0.717) is 24.3 Å². The molecular formula is C25H31N3O4S. The first kappa shape index (κ1) is 23.3. The van der Waals surface area contributed by atoms with Crippen LogP contribution in [0.25, 0.3) is 0 Å². The summed E-state index contributed by atoms with van der Waals surface area (Å²) in [5.41, 5.74) is 1.84. The third-order valence-electron chi connectivity index (χ3n) is 6.50. The van der Waals surface area contributed by atoms with Crippen LogP contribution in [0, 0.1) is 12.8 Å². The molecule has 0 radical (unpaired) electrons. The van der Waals surface area contributed by atoms with Crippen molar-refractivity contribution in [1.82, 2.24) is 10.2 Å². The number of sulfonamides is 1. The van der Waals surface area contributed by atoms with Crippen molar-refractivity contribution in [2.45, 2.75) is 56.4 Å². The molecule has 1 heterocycles. The lowest BCUT2D eigenvalue weighted by Crippen LogP contribution is -2.47. The molecule has 2 aromatic rings. The van der Waals surface area contributed by atoms with Gasteiger partial charge >= 0.3 is 0 Å². The second-order valence-corrected chi connectivity index (χ2v) is 10.8. The summed E-state index contributed by atoms with van der Waals surface area (Å²) in [4.78, 5) is 27.6. The Morgan fingerprint density at radius 1 is 0.909 bits per heavy atom. The topological polar surface area (TPSA) is 95.6 Å². The molecule has 4 rings (SSSR count). The summed E-state index contributed by atoms with van der Waals surface area (Å²) in [5.74, 6) is -0.259. The maximum absolute atomic E-state index is 13.0. The highest BCUT2D eigenvalue weighted by molar-refractivity contribution is 7.92. The van der Waals surface area contributed by atoms with Gasteiger partial charge in [-0.3, -0.25) is 14.3 Å². The summed E-state index contributed by atoms with van der Waals surface area (Å²) < 4.78 is 27.7. The van der Waals surface area contributed by atoms with E-state index in [1.807, 2.05) is 6.92 Å². The molecule has 1 atom stereocenters. The van der Waals surface area contributed by atoms with Crippen molar-refractivity contribution >= 4 is 27.5 Å². The van der Waals surface area contributed by atoms with Gasteiger partial charge in [0.1, 0.15) is 0 Å². The van der Waals surface area contributed by atoms with E-state index in [-0.39, 0.29) is 28.7 Å². The van der Waals surface area contributed by atoms with E-state index in [2.05, 4.69) is 10.0 Å². The molecule has 2 aromatic carbocycles. The van der Waals surface area contributed by atoms with Gasteiger partial charge in [-0.25, -0.2) is 8.42 Å². The Morgan fingerprint density at radius 3 is 2.24 bits per heavy atom. The number of aryl methyl sites for hydroxylation is 1. The van der Waals surface area contributed by atoms with Gasteiger partial charge in [0.2, 0.25) is 5.91 Å². The van der Waals surface area contributed by atoms with Crippen LogP contribution in [0.1, 0.15) is 54.4 Å². The highest BCUT2D eigenvalue weighted by Crippen LogP contribution is 2.23. The summed E-state index contributed by atoms with van der Waals surface area (Å²) in [7, 11) is -3.70. The molecule has 2 fully saturated rings. The third-order valence-corrected chi connectivity index (χ3v) is 7.89. The van der Waals surface area contributed by atoms with Crippen LogP contribution < -0.4 is 10.0 Å². The van der Waals surface area contributed by atoms with Crippen LogP contribution in [-0.2, 0) is 14.8 Å². The SMILES string of the molecule is Cc1ccc(S(=O)(=O)Nc2ccc(C(=O)N3CCCC(C(=O)NC4CCCC4)C3)cc2)cc1. The maximum atomic E-state index is 13.0. The van der Waals surface area contributed by atoms with Crippen molar-refractivity contribution in [3.63, 3.8) is 0 Å². The zero-order valence-corrected chi connectivity index (χ0v) is 19.7. The van der Waals surface area contributed by atoms with E-state index in [1.54, 1.807) is 53.4 Å². The van der Waals surface area contributed by atoms with Crippen LogP contribution >= 0.6 is 0 Å². The molecule has 8 heteroatoms. The van der Waals surface area contributed by atoms with E-state index in [1.165, 1.54) is 0 Å². The second kappa shape index (κ2) is 9.95. The molecule has 0 aromatic heterocycles. The number of hydrogen-bond donors (Lipinski definition) is 2. The van der Waals surface area contributed by atoms with Crippen molar-refractivity contribution in [3.05, 3.63) is 59.7 Å². The smallest absolute Gasteiger partial charge is 0.261 e. The van der Waals surface area contributed by atoms with Gasteiger partial charge in [-0.1, -0.05) is 30.5 Å². The average molecular weight is 470 g/mol. The van der Waals surface area contributed by atoms with Crippen LogP contribution in [0.5, 0.6) is 0 Å². The first-order valence-corrected chi connectivity index (χ1v) is 13.1. The molecule has 0 bridgehead atoms. The fraction of sp³-hybridized carbons (Fsp3) is 0.440. The molecule has 1 saturated heterocycles. The summed E-state index contributed by atoms with van der Waals surface area (Å²) in [6.45, 7) is 2.93. The van der Waals surface area contributed by atoms with Crippen LogP contribution in [0.2, 0.25) is 0 Å². The average Bonchev–Trinajstić information content (AvgIpc) is 3.32. The Labute approximate surface area is 195 Å². The standard InChI is InChI=1S/C25H31N3O4S/c1-18-8-14-23(15-9-18)33(31,32)27-22-12-10-19(11-13-22)25(30)28-16-4-5-20(17-28)24(29)26-21-6-2-3-7-21/h8-15,20-21,27H,2-7,16-17H2,1H3,(H,26,29). The number of nitrogens with one attached hydrogen (secondary N) is 2. The second-order valence-electron chi connectivity index (χ2n) is 9.08. The minimum absolute atomic E-state index is 0.0558. The molecule has 2 aliphatic rings. The third kappa shape index (κ3) is 5.74. The molecule has 1 saturated carbocycles. The number of amides is 2. The van der Waals surface area contributed by atoms with Gasteiger partial charge in [0, 0.05) is 30.4 Å². The summed E-state index contributed by atoms with van der Waals surface area (Å²) in [5, 5.41) is 3.15. The number of carbonyl (C=O) groups is 2. The van der Waals surface area contributed by atoms with Crippen molar-refractivity contribution in [2.24, 2.45) is 5.92 Å². The van der Waals surface area contributed by atoms with Crippen molar-refractivity contribution in [3.8, 4) is 0 Å². The fourth-order valence-electron chi connectivity index (χ4n) is 4.56.